The van der Waals surface area contributed by atoms with Gasteiger partial charge in [-0.2, -0.15) is 0 Å². The molecule has 0 fully saturated rings. The van der Waals surface area contributed by atoms with E-state index in [0.29, 0.717) is 11.8 Å². The van der Waals surface area contributed by atoms with Crippen molar-refractivity contribution in [3.63, 3.8) is 0 Å². The van der Waals surface area contributed by atoms with E-state index in [-0.39, 0.29) is 0 Å². The first-order valence-electron chi connectivity index (χ1n) is 6.98. The minimum absolute atomic E-state index is 0.458. The maximum absolute atomic E-state index is 4.84. The molecule has 98 valence electrons. The molecule has 0 amide bonds. The van der Waals surface area contributed by atoms with E-state index in [9.17, 15) is 0 Å². The maximum atomic E-state index is 4.84. The number of H-pyrrole nitrogens is 1. The zero-order valence-electron chi connectivity index (χ0n) is 12.0. The Bertz CT molecular complexity index is 735. The largest absolute Gasteiger partial charge is 0.356 e. The van der Waals surface area contributed by atoms with Crippen molar-refractivity contribution in [3.8, 4) is 0 Å². The number of hydrogen-bond acceptors (Lipinski definition) is 1. The van der Waals surface area contributed by atoms with Crippen molar-refractivity contribution in [2.24, 2.45) is 0 Å². The van der Waals surface area contributed by atoms with E-state index in [1.54, 1.807) is 0 Å². The standard InChI is InChI=1S/C17H20N2/c1-10(2)14-8-7-12-5-6-13-9-15(11(3)4)19-17(13)16(12)18-14/h5-11,19H,1-4H3. The summed E-state index contributed by atoms with van der Waals surface area (Å²) in [7, 11) is 0. The quantitative estimate of drug-likeness (QED) is 0.686. The van der Waals surface area contributed by atoms with Crippen LogP contribution in [0.5, 0.6) is 0 Å². The molecule has 2 nitrogen and oxygen atoms in total. The smallest absolute Gasteiger partial charge is 0.0946 e. The average Bonchev–Trinajstić information content (AvgIpc) is 2.82. The normalized spacial score (nSPS) is 12.1. The second-order valence-corrected chi connectivity index (χ2v) is 5.87. The summed E-state index contributed by atoms with van der Waals surface area (Å²) in [6, 6.07) is 10.9. The van der Waals surface area contributed by atoms with Gasteiger partial charge in [0.25, 0.3) is 0 Å². The number of nitrogens with one attached hydrogen (secondary N) is 1. The third-order valence-corrected chi connectivity index (χ3v) is 3.71. The van der Waals surface area contributed by atoms with E-state index in [1.165, 1.54) is 22.0 Å². The summed E-state index contributed by atoms with van der Waals surface area (Å²) in [5.41, 5.74) is 4.69. The van der Waals surface area contributed by atoms with Crippen LogP contribution >= 0.6 is 0 Å². The molecule has 3 rings (SSSR count). The number of nitrogens with zero attached hydrogens (tertiary/aromatic N) is 1. The summed E-state index contributed by atoms with van der Waals surface area (Å²) in [5.74, 6) is 0.968. The Morgan fingerprint density at radius 2 is 1.58 bits per heavy atom. The molecule has 1 N–H and O–H groups in total. The number of aromatic nitrogens is 2. The van der Waals surface area contributed by atoms with Crippen molar-refractivity contribution in [3.05, 3.63) is 41.7 Å². The Morgan fingerprint density at radius 1 is 0.895 bits per heavy atom. The Morgan fingerprint density at radius 3 is 2.26 bits per heavy atom. The van der Waals surface area contributed by atoms with Crippen molar-refractivity contribution >= 4 is 21.8 Å². The molecule has 0 aliphatic carbocycles. The third-order valence-electron chi connectivity index (χ3n) is 3.71. The fourth-order valence-electron chi connectivity index (χ4n) is 2.45. The first-order valence-corrected chi connectivity index (χ1v) is 6.98. The van der Waals surface area contributed by atoms with Gasteiger partial charge in [-0.25, -0.2) is 0 Å². The van der Waals surface area contributed by atoms with Crippen LogP contribution in [0.15, 0.2) is 30.3 Å². The minimum atomic E-state index is 0.458. The number of rotatable bonds is 2. The monoisotopic (exact) mass is 252 g/mol. The molecule has 0 bridgehead atoms. The number of fused-ring (bicyclic) bond motifs is 3. The predicted octanol–water partition coefficient (Wildman–Crippen LogP) is 4.96. The summed E-state index contributed by atoms with van der Waals surface area (Å²) in [5, 5.41) is 2.46. The van der Waals surface area contributed by atoms with Crippen LogP contribution in [0.4, 0.5) is 0 Å². The molecule has 0 saturated heterocycles. The van der Waals surface area contributed by atoms with Crippen molar-refractivity contribution in [2.75, 3.05) is 0 Å². The molecular formula is C17H20N2. The van der Waals surface area contributed by atoms with Crippen molar-refractivity contribution < 1.29 is 0 Å². The molecule has 0 radical (unpaired) electrons. The van der Waals surface area contributed by atoms with Crippen LogP contribution in [-0.4, -0.2) is 9.97 Å². The van der Waals surface area contributed by atoms with Gasteiger partial charge in [0, 0.05) is 22.2 Å². The summed E-state index contributed by atoms with van der Waals surface area (Å²) >= 11 is 0. The van der Waals surface area contributed by atoms with Crippen LogP contribution in [0.2, 0.25) is 0 Å². The number of pyridine rings is 1. The van der Waals surface area contributed by atoms with Gasteiger partial charge in [0.2, 0.25) is 0 Å². The molecule has 19 heavy (non-hydrogen) atoms. The SMILES string of the molecule is CC(C)c1ccc2ccc3cc(C(C)C)[nH]c3c2n1. The van der Waals surface area contributed by atoms with Crippen molar-refractivity contribution in [2.45, 2.75) is 39.5 Å². The lowest BCUT2D eigenvalue weighted by Gasteiger charge is -2.06. The number of hydrogen-bond donors (Lipinski definition) is 1. The Hall–Kier alpha value is -1.83. The molecule has 0 aliphatic rings. The molecule has 0 atom stereocenters. The summed E-state index contributed by atoms with van der Waals surface area (Å²) < 4.78 is 0. The predicted molar refractivity (Wildman–Crippen MR) is 81.8 cm³/mol. The molecular weight excluding hydrogens is 232 g/mol. The van der Waals surface area contributed by atoms with Gasteiger partial charge in [-0.1, -0.05) is 45.9 Å². The second-order valence-electron chi connectivity index (χ2n) is 5.87. The van der Waals surface area contributed by atoms with Gasteiger partial charge in [0.15, 0.2) is 0 Å². The third kappa shape index (κ3) is 2.01. The Labute approximate surface area is 113 Å². The van der Waals surface area contributed by atoms with E-state index in [2.05, 4.69) is 63.0 Å². The lowest BCUT2D eigenvalue weighted by atomic mass is 10.1. The average molecular weight is 252 g/mol. The molecule has 0 spiro atoms. The first-order chi connectivity index (χ1) is 9.06. The summed E-state index contributed by atoms with van der Waals surface area (Å²) in [6.45, 7) is 8.78. The Balaban J connectivity index is 2.33. The van der Waals surface area contributed by atoms with Crippen LogP contribution in [-0.2, 0) is 0 Å². The van der Waals surface area contributed by atoms with E-state index in [4.69, 9.17) is 4.98 Å². The zero-order chi connectivity index (χ0) is 13.6. The van der Waals surface area contributed by atoms with Crippen molar-refractivity contribution in [1.29, 1.82) is 0 Å². The van der Waals surface area contributed by atoms with E-state index in [1.807, 2.05) is 0 Å². The highest BCUT2D eigenvalue weighted by Gasteiger charge is 2.10. The lowest BCUT2D eigenvalue weighted by Crippen LogP contribution is -1.93. The molecule has 0 aliphatic heterocycles. The topological polar surface area (TPSA) is 28.7 Å². The van der Waals surface area contributed by atoms with Gasteiger partial charge < -0.3 is 4.98 Å². The van der Waals surface area contributed by atoms with Gasteiger partial charge in [-0.3, -0.25) is 4.98 Å². The fraction of sp³-hybridized carbons (Fsp3) is 0.353. The zero-order valence-corrected chi connectivity index (χ0v) is 12.0. The first kappa shape index (κ1) is 12.2. The van der Waals surface area contributed by atoms with Crippen LogP contribution in [0.3, 0.4) is 0 Å². The minimum Gasteiger partial charge on any atom is -0.356 e. The molecule has 0 saturated carbocycles. The molecule has 3 aromatic rings. The molecule has 2 heterocycles. The highest BCUT2D eigenvalue weighted by molar-refractivity contribution is 6.03. The summed E-state index contributed by atoms with van der Waals surface area (Å²) in [6.07, 6.45) is 0. The fourth-order valence-corrected chi connectivity index (χ4v) is 2.45. The lowest BCUT2D eigenvalue weighted by molar-refractivity contribution is 0.829. The summed E-state index contributed by atoms with van der Waals surface area (Å²) in [4.78, 5) is 8.39. The van der Waals surface area contributed by atoms with Gasteiger partial charge in [0.1, 0.15) is 0 Å². The number of aromatic amines is 1. The molecule has 2 heteroatoms. The van der Waals surface area contributed by atoms with Crippen LogP contribution in [0, 0.1) is 0 Å². The second kappa shape index (κ2) is 4.37. The highest BCUT2D eigenvalue weighted by atomic mass is 14.8. The highest BCUT2D eigenvalue weighted by Crippen LogP contribution is 2.28. The van der Waals surface area contributed by atoms with Gasteiger partial charge in [-0.05, 0) is 24.0 Å². The van der Waals surface area contributed by atoms with Crippen molar-refractivity contribution in [1.82, 2.24) is 9.97 Å². The van der Waals surface area contributed by atoms with Gasteiger partial charge >= 0.3 is 0 Å². The van der Waals surface area contributed by atoms with Gasteiger partial charge in [-0.15, -0.1) is 0 Å². The van der Waals surface area contributed by atoms with Gasteiger partial charge in [0.05, 0.1) is 11.0 Å². The molecule has 0 unspecified atom stereocenters. The van der Waals surface area contributed by atoms with E-state index >= 15 is 0 Å². The Kier molecular flexibility index (Phi) is 2.81. The number of benzene rings is 1. The van der Waals surface area contributed by atoms with Crippen LogP contribution in [0.25, 0.3) is 21.8 Å². The molecule has 1 aromatic carbocycles. The van der Waals surface area contributed by atoms with E-state index in [0.717, 1.165) is 11.2 Å². The molecule has 2 aromatic heterocycles. The van der Waals surface area contributed by atoms with Crippen LogP contribution < -0.4 is 0 Å². The van der Waals surface area contributed by atoms with Crippen LogP contribution in [0.1, 0.15) is 50.9 Å². The maximum Gasteiger partial charge on any atom is 0.0946 e. The van der Waals surface area contributed by atoms with E-state index < -0.39 is 0 Å².